The second-order valence-corrected chi connectivity index (χ2v) is 6.69. The van der Waals surface area contributed by atoms with Crippen LogP contribution in [0.3, 0.4) is 0 Å². The summed E-state index contributed by atoms with van der Waals surface area (Å²) in [6.07, 6.45) is 0.934. The number of thiophene rings is 1. The Hall–Kier alpha value is -0.130. The van der Waals surface area contributed by atoms with Crippen molar-refractivity contribution in [2.45, 2.75) is 19.4 Å². The smallest absolute Gasteiger partial charge is 0.0991 e. The predicted octanol–water partition coefficient (Wildman–Crippen LogP) is 4.40. The fourth-order valence-electron chi connectivity index (χ4n) is 1.54. The molecule has 92 valence electrons. The first kappa shape index (κ1) is 13.3. The Labute approximate surface area is 119 Å². The zero-order valence-electron chi connectivity index (χ0n) is 9.24. The first-order valence-electron chi connectivity index (χ1n) is 5.22. The molecule has 2 aromatic rings. The van der Waals surface area contributed by atoms with Gasteiger partial charge in [-0.15, -0.1) is 22.7 Å². The summed E-state index contributed by atoms with van der Waals surface area (Å²) in [7, 11) is 0. The van der Waals surface area contributed by atoms with Crippen molar-refractivity contribution in [2.75, 3.05) is 6.54 Å². The van der Waals surface area contributed by atoms with Gasteiger partial charge in [-0.25, -0.2) is 4.98 Å². The molecular formula is C11H12Cl2N2S2. The molecule has 2 heterocycles. The Kier molecular flexibility index (Phi) is 4.82. The van der Waals surface area contributed by atoms with E-state index in [0.717, 1.165) is 32.9 Å². The van der Waals surface area contributed by atoms with Crippen LogP contribution in [0.2, 0.25) is 8.67 Å². The second-order valence-electron chi connectivity index (χ2n) is 3.69. The number of thiazole rings is 1. The second kappa shape index (κ2) is 6.16. The number of halogens is 2. The highest BCUT2D eigenvalue weighted by Gasteiger charge is 2.12. The lowest BCUT2D eigenvalue weighted by molar-refractivity contribution is 0.576. The van der Waals surface area contributed by atoms with Crippen molar-refractivity contribution in [1.82, 2.24) is 10.3 Å². The van der Waals surface area contributed by atoms with Gasteiger partial charge in [0.15, 0.2) is 0 Å². The fourth-order valence-corrected chi connectivity index (χ4v) is 3.77. The van der Waals surface area contributed by atoms with Gasteiger partial charge in [-0.3, -0.25) is 0 Å². The molecule has 1 N–H and O–H groups in total. The molecule has 2 rings (SSSR count). The predicted molar refractivity (Wildman–Crippen MR) is 76.6 cm³/mol. The van der Waals surface area contributed by atoms with Crippen LogP contribution >= 0.6 is 45.9 Å². The van der Waals surface area contributed by atoms with Crippen LogP contribution < -0.4 is 5.32 Å². The number of aromatic nitrogens is 1. The van der Waals surface area contributed by atoms with E-state index in [2.05, 4.69) is 22.6 Å². The maximum atomic E-state index is 6.10. The summed E-state index contributed by atoms with van der Waals surface area (Å²) < 4.78 is 1.50. The summed E-state index contributed by atoms with van der Waals surface area (Å²) in [4.78, 5) is 4.24. The van der Waals surface area contributed by atoms with Crippen molar-refractivity contribution in [3.8, 4) is 0 Å². The van der Waals surface area contributed by atoms with Gasteiger partial charge in [-0.2, -0.15) is 0 Å². The average Bonchev–Trinajstić information content (AvgIpc) is 2.88. The van der Waals surface area contributed by atoms with Crippen molar-refractivity contribution < 1.29 is 0 Å². The van der Waals surface area contributed by atoms with E-state index in [0.29, 0.717) is 0 Å². The monoisotopic (exact) mass is 306 g/mol. The summed E-state index contributed by atoms with van der Waals surface area (Å²) >= 11 is 15.1. The van der Waals surface area contributed by atoms with Crippen LogP contribution in [0.25, 0.3) is 0 Å². The summed E-state index contributed by atoms with van der Waals surface area (Å²) in [5.41, 5.74) is 4.05. The van der Waals surface area contributed by atoms with Crippen molar-refractivity contribution in [3.63, 3.8) is 0 Å². The van der Waals surface area contributed by atoms with Crippen LogP contribution in [0.5, 0.6) is 0 Å². The summed E-state index contributed by atoms with van der Waals surface area (Å²) in [5, 5.41) is 5.49. The molecule has 0 saturated heterocycles. The normalized spacial score (nSPS) is 12.9. The highest BCUT2D eigenvalue weighted by molar-refractivity contribution is 7.20. The van der Waals surface area contributed by atoms with Crippen molar-refractivity contribution in [2.24, 2.45) is 0 Å². The maximum Gasteiger partial charge on any atom is 0.0991 e. The van der Waals surface area contributed by atoms with E-state index in [1.165, 1.54) is 11.3 Å². The van der Waals surface area contributed by atoms with Gasteiger partial charge >= 0.3 is 0 Å². The topological polar surface area (TPSA) is 24.9 Å². The van der Waals surface area contributed by atoms with Gasteiger partial charge in [-0.1, -0.05) is 23.2 Å². The molecule has 1 unspecified atom stereocenters. The van der Waals surface area contributed by atoms with Gasteiger partial charge < -0.3 is 5.32 Å². The number of nitrogens with zero attached hydrogens (tertiary/aromatic N) is 1. The molecule has 0 spiro atoms. The molecule has 0 aliphatic heterocycles. The molecule has 0 saturated carbocycles. The minimum Gasteiger partial charge on any atom is -0.310 e. The van der Waals surface area contributed by atoms with Gasteiger partial charge in [-0.05, 0) is 18.6 Å². The molecular weight excluding hydrogens is 295 g/mol. The van der Waals surface area contributed by atoms with Gasteiger partial charge in [0.05, 0.1) is 19.9 Å². The number of rotatable bonds is 5. The third-order valence-electron chi connectivity index (χ3n) is 2.46. The quantitative estimate of drug-likeness (QED) is 0.885. The van der Waals surface area contributed by atoms with Crippen molar-refractivity contribution >= 4 is 45.9 Å². The van der Waals surface area contributed by atoms with E-state index in [1.807, 2.05) is 11.6 Å². The van der Waals surface area contributed by atoms with Gasteiger partial charge in [0.25, 0.3) is 0 Å². The lowest BCUT2D eigenvalue weighted by Gasteiger charge is -2.12. The Balaban J connectivity index is 1.85. The molecule has 6 heteroatoms. The number of hydrogen-bond acceptors (Lipinski definition) is 4. The largest absolute Gasteiger partial charge is 0.310 e. The summed E-state index contributed by atoms with van der Waals surface area (Å²) in [6.45, 7) is 2.97. The lowest BCUT2D eigenvalue weighted by atomic mass is 10.2. The third kappa shape index (κ3) is 3.66. The Bertz CT molecular complexity index is 468. The van der Waals surface area contributed by atoms with Crippen LogP contribution in [-0.4, -0.2) is 11.5 Å². The summed E-state index contributed by atoms with van der Waals surface area (Å²) in [5.74, 6) is 0. The first-order valence-corrected chi connectivity index (χ1v) is 7.73. The minimum absolute atomic E-state index is 0.213. The van der Waals surface area contributed by atoms with E-state index in [9.17, 15) is 0 Å². The minimum atomic E-state index is 0.213. The van der Waals surface area contributed by atoms with Crippen LogP contribution in [0, 0.1) is 0 Å². The Morgan fingerprint density at radius 2 is 2.29 bits per heavy atom. The van der Waals surface area contributed by atoms with Gasteiger partial charge in [0, 0.05) is 24.4 Å². The number of nitrogens with one attached hydrogen (secondary N) is 1. The van der Waals surface area contributed by atoms with Gasteiger partial charge in [0.1, 0.15) is 0 Å². The highest BCUT2D eigenvalue weighted by Crippen LogP contribution is 2.34. The number of hydrogen-bond donors (Lipinski definition) is 1. The van der Waals surface area contributed by atoms with Crippen molar-refractivity contribution in [1.29, 1.82) is 0 Å². The molecule has 2 nitrogen and oxygen atoms in total. The molecule has 0 aromatic carbocycles. The zero-order valence-corrected chi connectivity index (χ0v) is 12.4. The Morgan fingerprint density at radius 3 is 2.88 bits per heavy atom. The molecule has 1 atom stereocenters. The average molecular weight is 307 g/mol. The third-order valence-corrected chi connectivity index (χ3v) is 4.62. The van der Waals surface area contributed by atoms with Crippen LogP contribution in [0.15, 0.2) is 17.0 Å². The standard InChI is InChI=1S/C11H12Cl2N2S2/c1-7(9-4-10(12)17-11(9)13)14-3-2-8-5-16-6-15-8/h4-7,14H,2-3H2,1H3. The Morgan fingerprint density at radius 1 is 1.47 bits per heavy atom. The van der Waals surface area contributed by atoms with E-state index in [1.54, 1.807) is 11.3 Å². The van der Waals surface area contributed by atoms with E-state index in [4.69, 9.17) is 23.2 Å². The highest BCUT2D eigenvalue weighted by atomic mass is 35.5. The lowest BCUT2D eigenvalue weighted by Crippen LogP contribution is -2.21. The van der Waals surface area contributed by atoms with Crippen molar-refractivity contribution in [3.05, 3.63) is 36.9 Å². The fraction of sp³-hybridized carbons (Fsp3) is 0.364. The van der Waals surface area contributed by atoms with Crippen LogP contribution in [0.1, 0.15) is 24.2 Å². The van der Waals surface area contributed by atoms with Crippen LogP contribution in [-0.2, 0) is 6.42 Å². The maximum absolute atomic E-state index is 6.10. The molecule has 0 amide bonds. The SMILES string of the molecule is CC(NCCc1cscn1)c1cc(Cl)sc1Cl. The molecule has 17 heavy (non-hydrogen) atoms. The molecule has 2 aromatic heterocycles. The van der Waals surface area contributed by atoms with E-state index < -0.39 is 0 Å². The van der Waals surface area contributed by atoms with Gasteiger partial charge in [0.2, 0.25) is 0 Å². The zero-order chi connectivity index (χ0) is 12.3. The summed E-state index contributed by atoms with van der Waals surface area (Å²) in [6, 6.07) is 2.14. The molecule has 0 fully saturated rings. The molecule has 0 bridgehead atoms. The van der Waals surface area contributed by atoms with E-state index >= 15 is 0 Å². The molecule has 0 aliphatic rings. The molecule has 0 radical (unpaired) electrons. The van der Waals surface area contributed by atoms with E-state index in [-0.39, 0.29) is 6.04 Å². The van der Waals surface area contributed by atoms with Crippen LogP contribution in [0.4, 0.5) is 0 Å². The first-order chi connectivity index (χ1) is 8.16. The molecule has 0 aliphatic carbocycles.